The minimum atomic E-state index is -3.82. The van der Waals surface area contributed by atoms with Crippen LogP contribution in [0.15, 0.2) is 47.4 Å². The Morgan fingerprint density at radius 3 is 2.24 bits per heavy atom. The molecule has 0 aliphatic carbocycles. The van der Waals surface area contributed by atoms with E-state index in [0.29, 0.717) is 5.69 Å². The fourth-order valence-electron chi connectivity index (χ4n) is 1.54. The van der Waals surface area contributed by atoms with E-state index in [2.05, 4.69) is 5.32 Å². The van der Waals surface area contributed by atoms with Gasteiger partial charge in [-0.2, -0.15) is 0 Å². The monoisotopic (exact) mass is 347 g/mol. The maximum atomic E-state index is 13.3. The molecule has 0 saturated heterocycles. The number of carbonyl (C=O) groups is 1. The number of amides is 1. The zero-order valence-electron chi connectivity index (χ0n) is 10.3. The van der Waals surface area contributed by atoms with Crippen molar-refractivity contribution in [2.24, 2.45) is 0 Å². The summed E-state index contributed by atoms with van der Waals surface area (Å²) < 4.78 is 35.4. The molecule has 21 heavy (non-hydrogen) atoms. The Bertz CT molecular complexity index is 792. The van der Waals surface area contributed by atoms with E-state index in [4.69, 9.17) is 22.3 Å². The summed E-state index contributed by atoms with van der Waals surface area (Å²) in [5.74, 6) is -1.25. The molecule has 8 heteroatoms. The minimum absolute atomic E-state index is 0.0804. The summed E-state index contributed by atoms with van der Waals surface area (Å²) >= 11 is 5.53. The van der Waals surface area contributed by atoms with Gasteiger partial charge in [-0.25, -0.2) is 12.8 Å². The highest BCUT2D eigenvalue weighted by Gasteiger charge is 2.11. The number of hydrogen-bond acceptors (Lipinski definition) is 3. The maximum Gasteiger partial charge on any atom is 0.261 e. The van der Waals surface area contributed by atoms with Gasteiger partial charge in [0.05, 0.1) is 9.92 Å². The first-order valence-corrected chi connectivity index (χ1v) is 8.27. The molecule has 0 aliphatic heterocycles. The third-order valence-corrected chi connectivity index (χ3v) is 4.25. The maximum absolute atomic E-state index is 13.3. The van der Waals surface area contributed by atoms with Gasteiger partial charge in [0.25, 0.3) is 15.0 Å². The summed E-state index contributed by atoms with van der Waals surface area (Å²) in [5, 5.41) is 2.42. The molecule has 0 unspecified atom stereocenters. The number of halogens is 3. The molecular weight excluding hydrogens is 340 g/mol. The standard InChI is InChI=1S/C13H8Cl2FNO3S/c14-11-6-1-8(7-12(11)16)13(18)17-9-2-4-10(5-3-9)21(15,19)20/h1-7H,(H,17,18). The number of anilines is 1. The van der Waals surface area contributed by atoms with Crippen LogP contribution in [0.4, 0.5) is 10.1 Å². The van der Waals surface area contributed by atoms with Crippen molar-refractivity contribution in [3.63, 3.8) is 0 Å². The number of nitrogens with one attached hydrogen (secondary N) is 1. The molecule has 0 aliphatic rings. The second-order valence-corrected chi connectivity index (χ2v) is 7.02. The van der Waals surface area contributed by atoms with Crippen molar-refractivity contribution in [2.75, 3.05) is 5.32 Å². The number of hydrogen-bond donors (Lipinski definition) is 1. The zero-order valence-corrected chi connectivity index (χ0v) is 12.6. The molecule has 110 valence electrons. The molecule has 0 saturated carbocycles. The van der Waals surface area contributed by atoms with E-state index in [1.807, 2.05) is 0 Å². The van der Waals surface area contributed by atoms with Crippen molar-refractivity contribution in [3.05, 3.63) is 58.9 Å². The van der Waals surface area contributed by atoms with Gasteiger partial charge in [0, 0.05) is 21.9 Å². The molecule has 0 aromatic heterocycles. The van der Waals surface area contributed by atoms with Crippen LogP contribution in [0.1, 0.15) is 10.4 Å². The van der Waals surface area contributed by atoms with Crippen LogP contribution in [0.2, 0.25) is 5.02 Å². The first kappa shape index (κ1) is 15.8. The van der Waals surface area contributed by atoms with Crippen LogP contribution in [0.25, 0.3) is 0 Å². The summed E-state index contributed by atoms with van der Waals surface area (Å²) in [7, 11) is 1.36. The van der Waals surface area contributed by atoms with Crippen molar-refractivity contribution < 1.29 is 17.6 Å². The predicted octanol–water partition coefficient (Wildman–Crippen LogP) is 3.66. The molecule has 0 heterocycles. The molecule has 0 fully saturated rings. The molecule has 0 bridgehead atoms. The fourth-order valence-corrected chi connectivity index (χ4v) is 2.43. The molecular formula is C13H8Cl2FNO3S. The molecule has 2 aromatic rings. The predicted molar refractivity (Wildman–Crippen MR) is 78.8 cm³/mol. The lowest BCUT2D eigenvalue weighted by atomic mass is 10.2. The van der Waals surface area contributed by atoms with Crippen molar-refractivity contribution >= 4 is 42.9 Å². The Morgan fingerprint density at radius 1 is 1.10 bits per heavy atom. The van der Waals surface area contributed by atoms with Crippen molar-refractivity contribution in [3.8, 4) is 0 Å². The zero-order chi connectivity index (χ0) is 15.6. The van der Waals surface area contributed by atoms with Gasteiger partial charge in [-0.15, -0.1) is 0 Å². The topological polar surface area (TPSA) is 63.2 Å². The fraction of sp³-hybridized carbons (Fsp3) is 0. The van der Waals surface area contributed by atoms with E-state index in [1.54, 1.807) is 0 Å². The van der Waals surface area contributed by atoms with Crippen LogP contribution in [-0.2, 0) is 9.05 Å². The smallest absolute Gasteiger partial charge is 0.261 e. The SMILES string of the molecule is O=C(Nc1ccc(S(=O)(=O)Cl)cc1)c1ccc(Cl)c(F)c1. The second kappa shape index (κ2) is 6.01. The van der Waals surface area contributed by atoms with Crippen molar-refractivity contribution in [1.29, 1.82) is 0 Å². The first-order valence-electron chi connectivity index (χ1n) is 5.58. The molecule has 2 rings (SSSR count). The van der Waals surface area contributed by atoms with Crippen LogP contribution >= 0.6 is 22.3 Å². The molecule has 4 nitrogen and oxygen atoms in total. The third kappa shape index (κ3) is 3.93. The van der Waals surface area contributed by atoms with Gasteiger partial charge >= 0.3 is 0 Å². The van der Waals surface area contributed by atoms with E-state index >= 15 is 0 Å². The Kier molecular flexibility index (Phi) is 4.51. The van der Waals surface area contributed by atoms with Crippen LogP contribution in [-0.4, -0.2) is 14.3 Å². The lowest BCUT2D eigenvalue weighted by Gasteiger charge is -2.06. The second-order valence-electron chi connectivity index (χ2n) is 4.05. The lowest BCUT2D eigenvalue weighted by molar-refractivity contribution is 0.102. The quantitative estimate of drug-likeness (QED) is 0.861. The summed E-state index contributed by atoms with van der Waals surface area (Å²) in [6, 6.07) is 8.90. The van der Waals surface area contributed by atoms with E-state index in [1.165, 1.54) is 36.4 Å². The van der Waals surface area contributed by atoms with E-state index in [0.717, 1.165) is 6.07 Å². The normalized spacial score (nSPS) is 11.2. The average molecular weight is 348 g/mol. The molecule has 1 amide bonds. The molecule has 0 spiro atoms. The van der Waals surface area contributed by atoms with E-state index in [-0.39, 0.29) is 15.5 Å². The van der Waals surface area contributed by atoms with Crippen LogP contribution in [0, 0.1) is 5.82 Å². The Morgan fingerprint density at radius 2 is 1.71 bits per heavy atom. The Hall–Kier alpha value is -1.63. The van der Waals surface area contributed by atoms with Gasteiger partial charge in [-0.1, -0.05) is 11.6 Å². The Balaban J connectivity index is 2.18. The van der Waals surface area contributed by atoms with Gasteiger partial charge in [-0.3, -0.25) is 4.79 Å². The van der Waals surface area contributed by atoms with Crippen LogP contribution in [0.5, 0.6) is 0 Å². The molecule has 2 aromatic carbocycles. The first-order chi connectivity index (χ1) is 9.77. The van der Waals surface area contributed by atoms with E-state index in [9.17, 15) is 17.6 Å². The lowest BCUT2D eigenvalue weighted by Crippen LogP contribution is -2.12. The highest BCUT2D eigenvalue weighted by atomic mass is 35.7. The number of carbonyl (C=O) groups excluding carboxylic acids is 1. The van der Waals surface area contributed by atoms with Crippen molar-refractivity contribution in [2.45, 2.75) is 4.90 Å². The van der Waals surface area contributed by atoms with Crippen LogP contribution < -0.4 is 5.32 Å². The minimum Gasteiger partial charge on any atom is -0.322 e. The van der Waals surface area contributed by atoms with E-state index < -0.39 is 20.8 Å². The summed E-state index contributed by atoms with van der Waals surface area (Å²) in [4.78, 5) is 11.8. The highest BCUT2D eigenvalue weighted by Crippen LogP contribution is 2.19. The molecule has 0 atom stereocenters. The van der Waals surface area contributed by atoms with Crippen LogP contribution in [0.3, 0.4) is 0 Å². The Labute approximate surface area is 129 Å². The van der Waals surface area contributed by atoms with Crippen molar-refractivity contribution in [1.82, 2.24) is 0 Å². The van der Waals surface area contributed by atoms with Gasteiger partial charge < -0.3 is 5.32 Å². The third-order valence-electron chi connectivity index (χ3n) is 2.58. The van der Waals surface area contributed by atoms with Gasteiger partial charge in [0.2, 0.25) is 0 Å². The summed E-state index contributed by atoms with van der Waals surface area (Å²) in [6.45, 7) is 0. The molecule has 0 radical (unpaired) electrons. The summed E-state index contributed by atoms with van der Waals surface area (Å²) in [5.41, 5.74) is 0.436. The summed E-state index contributed by atoms with van der Waals surface area (Å²) in [6.07, 6.45) is 0. The largest absolute Gasteiger partial charge is 0.322 e. The molecule has 1 N–H and O–H groups in total. The number of rotatable bonds is 3. The average Bonchev–Trinajstić information content (AvgIpc) is 2.41. The van der Waals surface area contributed by atoms with Gasteiger partial charge in [0.15, 0.2) is 0 Å². The number of benzene rings is 2. The highest BCUT2D eigenvalue weighted by molar-refractivity contribution is 8.13. The van der Waals surface area contributed by atoms with Gasteiger partial charge in [0.1, 0.15) is 5.82 Å². The van der Waals surface area contributed by atoms with Gasteiger partial charge in [-0.05, 0) is 42.5 Å².